The van der Waals surface area contributed by atoms with Crippen molar-refractivity contribution in [3.8, 4) is 11.3 Å². The summed E-state index contributed by atoms with van der Waals surface area (Å²) in [5, 5.41) is 4.76. The molecule has 168 valence electrons. The zero-order chi connectivity index (χ0) is 22.0. The summed E-state index contributed by atoms with van der Waals surface area (Å²) in [4.78, 5) is 22.1. The van der Waals surface area contributed by atoms with Crippen LogP contribution >= 0.6 is 23.7 Å². The van der Waals surface area contributed by atoms with E-state index in [9.17, 15) is 4.79 Å². The van der Waals surface area contributed by atoms with E-state index in [0.717, 1.165) is 34.3 Å². The largest absolute Gasteiger partial charge is 0.355 e. The number of carbonyl (C=O) groups is 1. The van der Waals surface area contributed by atoms with Crippen molar-refractivity contribution >= 4 is 45.0 Å². The molecule has 0 N–H and O–H groups in total. The monoisotopic (exact) mass is 470 g/mol. The molecule has 0 bridgehead atoms. The van der Waals surface area contributed by atoms with Crippen LogP contribution in [0.2, 0.25) is 0 Å². The number of hydrogen-bond donors (Lipinski definition) is 0. The molecule has 0 unspecified atom stereocenters. The second-order valence-corrected chi connectivity index (χ2v) is 8.96. The summed E-state index contributed by atoms with van der Waals surface area (Å²) >= 11 is 1.55. The second kappa shape index (κ2) is 10.3. The van der Waals surface area contributed by atoms with Gasteiger partial charge >= 0.3 is 0 Å². The van der Waals surface area contributed by atoms with E-state index in [0.29, 0.717) is 17.4 Å². The maximum atomic E-state index is 13.5. The lowest BCUT2D eigenvalue weighted by molar-refractivity contribution is 0.0977. The van der Waals surface area contributed by atoms with Crippen molar-refractivity contribution in [2.75, 3.05) is 32.1 Å². The molecule has 6 nitrogen and oxygen atoms in total. The maximum Gasteiger partial charge on any atom is 0.282 e. The summed E-state index contributed by atoms with van der Waals surface area (Å²) in [6.45, 7) is 5.58. The summed E-state index contributed by atoms with van der Waals surface area (Å²) in [7, 11) is 4.06. The minimum absolute atomic E-state index is 0. The van der Waals surface area contributed by atoms with Gasteiger partial charge in [-0.1, -0.05) is 52.9 Å². The molecule has 2 heterocycles. The Morgan fingerprint density at radius 1 is 1.06 bits per heavy atom. The number of halogens is 1. The highest BCUT2D eigenvalue weighted by Crippen LogP contribution is 2.33. The molecule has 1 amide bonds. The van der Waals surface area contributed by atoms with Crippen LogP contribution in [0.15, 0.2) is 53.1 Å². The van der Waals surface area contributed by atoms with E-state index in [2.05, 4.69) is 36.0 Å². The molecule has 0 saturated carbocycles. The van der Waals surface area contributed by atoms with Gasteiger partial charge < -0.3 is 9.42 Å². The summed E-state index contributed by atoms with van der Waals surface area (Å²) < 4.78 is 6.58. The number of hydrogen-bond acceptors (Lipinski definition) is 6. The molecule has 2 aromatic carbocycles. The summed E-state index contributed by atoms with van der Waals surface area (Å²) in [6.07, 6.45) is 0.829. The number of anilines is 1. The van der Waals surface area contributed by atoms with Gasteiger partial charge in [0.2, 0.25) is 0 Å². The molecule has 0 fully saturated rings. The first-order valence-corrected chi connectivity index (χ1v) is 11.1. The topological polar surface area (TPSA) is 62.5 Å². The van der Waals surface area contributed by atoms with E-state index in [-0.39, 0.29) is 24.0 Å². The van der Waals surface area contributed by atoms with Gasteiger partial charge in [-0.3, -0.25) is 9.69 Å². The molecule has 4 rings (SSSR count). The van der Waals surface area contributed by atoms with Crippen LogP contribution in [-0.2, 0) is 0 Å². The predicted molar refractivity (Wildman–Crippen MR) is 133 cm³/mol. The van der Waals surface area contributed by atoms with Gasteiger partial charge in [0.25, 0.3) is 5.91 Å². The van der Waals surface area contributed by atoms with Crippen molar-refractivity contribution in [1.82, 2.24) is 15.0 Å². The number of aryl methyl sites for hydroxylation is 2. The summed E-state index contributed by atoms with van der Waals surface area (Å²) in [6, 6.07) is 15.6. The van der Waals surface area contributed by atoms with Crippen LogP contribution < -0.4 is 4.90 Å². The Morgan fingerprint density at radius 3 is 2.53 bits per heavy atom. The molecule has 0 aliphatic heterocycles. The smallest absolute Gasteiger partial charge is 0.282 e. The SMILES string of the molecule is Cc1cc(C)c2sc(N(CCCN(C)C)C(=O)c3cc(-c4ccccc4)on3)nc2c1.Cl. The lowest BCUT2D eigenvalue weighted by atomic mass is 10.1. The fraction of sp³-hybridized carbons (Fsp3) is 0.292. The van der Waals surface area contributed by atoms with Crippen LogP contribution in [-0.4, -0.2) is 48.1 Å². The Labute approximate surface area is 198 Å². The zero-order valence-corrected chi connectivity index (χ0v) is 20.3. The standard InChI is InChI=1S/C24H26N4O2S.ClH/c1-16-13-17(2)22-19(14-16)25-24(31-22)28(12-8-11-27(3)4)23(29)20-15-21(30-26-20)18-9-6-5-7-10-18;/h5-7,9-10,13-15H,8,11-12H2,1-4H3;1H. The van der Waals surface area contributed by atoms with Gasteiger partial charge in [0.05, 0.1) is 10.2 Å². The Bertz CT molecular complexity index is 1200. The van der Waals surface area contributed by atoms with Crippen molar-refractivity contribution in [1.29, 1.82) is 0 Å². The van der Waals surface area contributed by atoms with Crippen molar-refractivity contribution in [3.05, 3.63) is 65.4 Å². The summed E-state index contributed by atoms with van der Waals surface area (Å²) in [5.41, 5.74) is 4.44. The van der Waals surface area contributed by atoms with Crippen LogP contribution in [0.1, 0.15) is 28.0 Å². The first-order chi connectivity index (χ1) is 14.9. The van der Waals surface area contributed by atoms with Gasteiger partial charge in [-0.15, -0.1) is 12.4 Å². The van der Waals surface area contributed by atoms with E-state index in [1.165, 1.54) is 5.56 Å². The highest BCUT2D eigenvalue weighted by atomic mass is 35.5. The fourth-order valence-corrected chi connectivity index (χ4v) is 4.60. The van der Waals surface area contributed by atoms with Crippen molar-refractivity contribution in [3.63, 3.8) is 0 Å². The van der Waals surface area contributed by atoms with Gasteiger partial charge in [-0.05, 0) is 58.1 Å². The molecule has 8 heteroatoms. The van der Waals surface area contributed by atoms with Crippen LogP contribution in [0.3, 0.4) is 0 Å². The average molecular weight is 471 g/mol. The molecule has 0 spiro atoms. The third-order valence-electron chi connectivity index (χ3n) is 5.06. The lowest BCUT2D eigenvalue weighted by Gasteiger charge is -2.19. The van der Waals surface area contributed by atoms with Gasteiger partial charge in [0.15, 0.2) is 16.6 Å². The van der Waals surface area contributed by atoms with Crippen LogP contribution in [0.5, 0.6) is 0 Å². The van der Waals surface area contributed by atoms with Crippen molar-refractivity contribution in [2.45, 2.75) is 20.3 Å². The third-order valence-corrected chi connectivity index (χ3v) is 6.29. The maximum absolute atomic E-state index is 13.5. The number of fused-ring (bicyclic) bond motifs is 1. The quantitative estimate of drug-likeness (QED) is 0.352. The van der Waals surface area contributed by atoms with Crippen LogP contribution in [0.25, 0.3) is 21.5 Å². The molecule has 0 aliphatic carbocycles. The minimum atomic E-state index is -0.196. The molecule has 0 saturated heterocycles. The number of benzene rings is 2. The van der Waals surface area contributed by atoms with Gasteiger partial charge in [-0.25, -0.2) is 4.98 Å². The zero-order valence-electron chi connectivity index (χ0n) is 18.7. The summed E-state index contributed by atoms with van der Waals surface area (Å²) in [5.74, 6) is 0.381. The Morgan fingerprint density at radius 2 is 1.81 bits per heavy atom. The van der Waals surface area contributed by atoms with E-state index >= 15 is 0 Å². The first-order valence-electron chi connectivity index (χ1n) is 10.3. The van der Waals surface area contributed by atoms with E-state index < -0.39 is 0 Å². The number of thiazole rings is 1. The fourth-order valence-electron chi connectivity index (χ4n) is 3.56. The molecular formula is C24H27ClN4O2S. The van der Waals surface area contributed by atoms with Crippen molar-refractivity contribution < 1.29 is 9.32 Å². The Balaban J connectivity index is 0.00000289. The Hall–Kier alpha value is -2.74. The van der Waals surface area contributed by atoms with Gasteiger partial charge in [-0.2, -0.15) is 0 Å². The number of aromatic nitrogens is 2. The third kappa shape index (κ3) is 5.18. The number of rotatable bonds is 7. The number of amides is 1. The van der Waals surface area contributed by atoms with Gasteiger partial charge in [0, 0.05) is 18.2 Å². The molecule has 0 aliphatic rings. The normalized spacial score (nSPS) is 11.0. The average Bonchev–Trinajstić information content (AvgIpc) is 3.39. The Kier molecular flexibility index (Phi) is 7.66. The second-order valence-electron chi connectivity index (χ2n) is 7.98. The van der Waals surface area contributed by atoms with E-state index in [1.807, 2.05) is 44.4 Å². The number of carbonyl (C=O) groups excluding carboxylic acids is 1. The molecule has 32 heavy (non-hydrogen) atoms. The highest BCUT2D eigenvalue weighted by molar-refractivity contribution is 7.22. The molecule has 4 aromatic rings. The van der Waals surface area contributed by atoms with Crippen molar-refractivity contribution in [2.24, 2.45) is 0 Å². The van der Waals surface area contributed by atoms with Gasteiger partial charge in [0.1, 0.15) is 0 Å². The van der Waals surface area contributed by atoms with E-state index in [4.69, 9.17) is 9.51 Å². The molecule has 2 aromatic heterocycles. The first kappa shape index (κ1) is 23.9. The lowest BCUT2D eigenvalue weighted by Crippen LogP contribution is -2.33. The molecular weight excluding hydrogens is 444 g/mol. The van der Waals surface area contributed by atoms with Crippen LogP contribution in [0.4, 0.5) is 5.13 Å². The van der Waals surface area contributed by atoms with E-state index in [1.54, 1.807) is 22.3 Å². The molecule has 0 radical (unpaired) electrons. The minimum Gasteiger partial charge on any atom is -0.355 e. The highest BCUT2D eigenvalue weighted by Gasteiger charge is 2.25. The van der Waals surface area contributed by atoms with Crippen LogP contribution in [0, 0.1) is 13.8 Å². The molecule has 0 atom stereocenters. The number of nitrogens with zero attached hydrogens (tertiary/aromatic N) is 4. The predicted octanol–water partition coefficient (Wildman–Crippen LogP) is 5.59.